The van der Waals surface area contributed by atoms with Crippen LogP contribution in [0.4, 0.5) is 0 Å². The number of fused-ring (bicyclic) bond motifs is 3. The van der Waals surface area contributed by atoms with Crippen molar-refractivity contribution in [3.05, 3.63) is 66.1 Å². The second-order valence-electron chi connectivity index (χ2n) is 5.91. The van der Waals surface area contributed by atoms with Crippen LogP contribution in [-0.2, 0) is 17.8 Å². The van der Waals surface area contributed by atoms with Crippen LogP contribution in [0, 0.1) is 0 Å². The highest BCUT2D eigenvalue weighted by Crippen LogP contribution is 2.21. The molecule has 2 aromatic heterocycles. The molecule has 122 valence electrons. The number of carbonyl (C=O) groups excluding carboxylic acids is 1. The number of nitrogens with zero attached hydrogens (tertiary/aromatic N) is 3. The Labute approximate surface area is 140 Å². The molecule has 0 N–H and O–H groups in total. The number of amides is 1. The van der Waals surface area contributed by atoms with Gasteiger partial charge in [0.15, 0.2) is 0 Å². The van der Waals surface area contributed by atoms with E-state index >= 15 is 0 Å². The molecule has 0 fully saturated rings. The van der Waals surface area contributed by atoms with E-state index < -0.39 is 0 Å². The minimum atomic E-state index is 0.127. The molecule has 0 unspecified atom stereocenters. The van der Waals surface area contributed by atoms with Crippen molar-refractivity contribution in [3.63, 3.8) is 0 Å². The predicted molar refractivity (Wildman–Crippen MR) is 90.9 cm³/mol. The van der Waals surface area contributed by atoms with Crippen LogP contribution in [0.5, 0.6) is 5.75 Å². The fourth-order valence-electron chi connectivity index (χ4n) is 3.11. The third kappa shape index (κ3) is 2.85. The summed E-state index contributed by atoms with van der Waals surface area (Å²) in [6.45, 7) is 1.74. The molecule has 0 saturated heterocycles. The zero-order valence-electron chi connectivity index (χ0n) is 13.4. The van der Waals surface area contributed by atoms with Crippen molar-refractivity contribution in [2.45, 2.75) is 19.4 Å². The summed E-state index contributed by atoms with van der Waals surface area (Å²) in [6, 6.07) is 15.6. The summed E-state index contributed by atoms with van der Waals surface area (Å²) in [5.74, 6) is 0.926. The number of pyridine rings is 1. The molecule has 0 atom stereocenters. The van der Waals surface area contributed by atoms with Crippen LogP contribution in [0.15, 0.2) is 54.7 Å². The van der Waals surface area contributed by atoms with Gasteiger partial charge in [0.2, 0.25) is 5.91 Å². The highest BCUT2D eigenvalue weighted by Gasteiger charge is 2.24. The number of carbonyl (C=O) groups is 1. The number of ether oxygens (including phenoxy) is 1. The largest absolute Gasteiger partial charge is 0.493 e. The molecule has 4 rings (SSSR count). The maximum atomic E-state index is 12.5. The minimum absolute atomic E-state index is 0.127. The smallest absolute Gasteiger partial charge is 0.226 e. The molecule has 1 aliphatic heterocycles. The van der Waals surface area contributed by atoms with Crippen LogP contribution < -0.4 is 4.74 Å². The number of imidazole rings is 1. The van der Waals surface area contributed by atoms with Gasteiger partial charge in [0.05, 0.1) is 31.0 Å². The highest BCUT2D eigenvalue weighted by molar-refractivity contribution is 5.76. The second kappa shape index (κ2) is 6.35. The van der Waals surface area contributed by atoms with E-state index in [0.717, 1.165) is 35.8 Å². The summed E-state index contributed by atoms with van der Waals surface area (Å²) in [4.78, 5) is 19.0. The zero-order valence-corrected chi connectivity index (χ0v) is 13.4. The third-order valence-corrected chi connectivity index (χ3v) is 4.35. The van der Waals surface area contributed by atoms with Crippen LogP contribution in [-0.4, -0.2) is 33.3 Å². The highest BCUT2D eigenvalue weighted by atomic mass is 16.5. The van der Waals surface area contributed by atoms with Gasteiger partial charge in [-0.15, -0.1) is 0 Å². The van der Waals surface area contributed by atoms with Crippen molar-refractivity contribution < 1.29 is 9.53 Å². The summed E-state index contributed by atoms with van der Waals surface area (Å²) in [7, 11) is 0. The fraction of sp³-hybridized carbons (Fsp3) is 0.263. The normalized spacial score (nSPS) is 13.8. The number of rotatable bonds is 4. The monoisotopic (exact) mass is 321 g/mol. The molecule has 0 aliphatic carbocycles. The van der Waals surface area contributed by atoms with Gasteiger partial charge in [-0.1, -0.05) is 24.3 Å². The van der Waals surface area contributed by atoms with Gasteiger partial charge < -0.3 is 14.0 Å². The average molecular weight is 321 g/mol. The second-order valence-corrected chi connectivity index (χ2v) is 5.91. The Bertz CT molecular complexity index is 857. The fourth-order valence-corrected chi connectivity index (χ4v) is 3.11. The molecule has 3 heterocycles. The number of hydrogen-bond donors (Lipinski definition) is 0. The lowest BCUT2D eigenvalue weighted by molar-refractivity contribution is -0.132. The Hall–Kier alpha value is -2.82. The average Bonchev–Trinajstić information content (AvgIpc) is 3.00. The molecule has 1 aliphatic rings. The molecule has 24 heavy (non-hydrogen) atoms. The lowest BCUT2D eigenvalue weighted by atomic mass is 10.1. The van der Waals surface area contributed by atoms with Crippen LogP contribution >= 0.6 is 0 Å². The first-order valence-corrected chi connectivity index (χ1v) is 8.22. The molecular formula is C19H19N3O2. The Kier molecular flexibility index (Phi) is 3.91. The van der Waals surface area contributed by atoms with Crippen molar-refractivity contribution in [3.8, 4) is 5.75 Å². The third-order valence-electron chi connectivity index (χ3n) is 4.35. The van der Waals surface area contributed by atoms with E-state index in [-0.39, 0.29) is 5.91 Å². The van der Waals surface area contributed by atoms with Crippen molar-refractivity contribution in [1.29, 1.82) is 0 Å². The van der Waals surface area contributed by atoms with Crippen molar-refractivity contribution >= 4 is 11.6 Å². The topological polar surface area (TPSA) is 46.8 Å². The molecule has 0 spiro atoms. The van der Waals surface area contributed by atoms with Gasteiger partial charge in [0, 0.05) is 19.2 Å². The van der Waals surface area contributed by atoms with Crippen LogP contribution in [0.1, 0.15) is 17.8 Å². The maximum Gasteiger partial charge on any atom is 0.226 e. The molecular weight excluding hydrogens is 302 g/mol. The van der Waals surface area contributed by atoms with Gasteiger partial charge in [-0.2, -0.15) is 0 Å². The summed E-state index contributed by atoms with van der Waals surface area (Å²) >= 11 is 0. The molecule has 1 aromatic carbocycles. The van der Waals surface area contributed by atoms with Crippen LogP contribution in [0.3, 0.4) is 0 Å². The zero-order chi connectivity index (χ0) is 16.4. The van der Waals surface area contributed by atoms with Gasteiger partial charge in [-0.25, -0.2) is 4.98 Å². The minimum Gasteiger partial charge on any atom is -0.493 e. The molecule has 0 bridgehead atoms. The Morgan fingerprint density at radius 3 is 2.83 bits per heavy atom. The first-order valence-electron chi connectivity index (χ1n) is 8.22. The number of para-hydroxylation sites is 1. The Balaban J connectivity index is 1.40. The summed E-state index contributed by atoms with van der Waals surface area (Å²) in [6.07, 6.45) is 3.21. The summed E-state index contributed by atoms with van der Waals surface area (Å²) < 4.78 is 7.71. The van der Waals surface area contributed by atoms with Gasteiger partial charge in [-0.3, -0.25) is 4.79 Å². The predicted octanol–water partition coefficient (Wildman–Crippen LogP) is 2.69. The summed E-state index contributed by atoms with van der Waals surface area (Å²) in [5.41, 5.74) is 3.17. The molecule has 0 radical (unpaired) electrons. The quantitative estimate of drug-likeness (QED) is 0.742. The standard InChI is InChI=1S/C19H19N3O2/c23-19(10-13-24-15-6-2-1-3-7-15)21-12-9-16-17(14-21)22-11-5-4-8-18(22)20-16/h1-8,11H,9-10,12-14H2. The number of hydrogen-bond acceptors (Lipinski definition) is 3. The molecule has 1 amide bonds. The van der Waals surface area contributed by atoms with Gasteiger partial charge in [-0.05, 0) is 24.3 Å². The van der Waals surface area contributed by atoms with E-state index in [4.69, 9.17) is 4.74 Å². The van der Waals surface area contributed by atoms with Crippen LogP contribution in [0.25, 0.3) is 5.65 Å². The lowest BCUT2D eigenvalue weighted by Crippen LogP contribution is -2.37. The number of aromatic nitrogens is 2. The first-order chi connectivity index (χ1) is 11.8. The van der Waals surface area contributed by atoms with E-state index in [1.54, 1.807) is 0 Å². The Morgan fingerprint density at radius 1 is 1.12 bits per heavy atom. The van der Waals surface area contributed by atoms with E-state index in [1.165, 1.54) is 0 Å². The van der Waals surface area contributed by atoms with E-state index in [2.05, 4.69) is 9.38 Å². The first kappa shape index (κ1) is 14.8. The molecule has 5 heteroatoms. The molecule has 0 saturated carbocycles. The van der Waals surface area contributed by atoms with Gasteiger partial charge in [0.1, 0.15) is 11.4 Å². The Morgan fingerprint density at radius 2 is 1.96 bits per heavy atom. The number of benzene rings is 1. The van der Waals surface area contributed by atoms with Gasteiger partial charge in [0.25, 0.3) is 0 Å². The lowest BCUT2D eigenvalue weighted by Gasteiger charge is -2.26. The van der Waals surface area contributed by atoms with Crippen molar-refractivity contribution in [2.75, 3.05) is 13.2 Å². The molecule has 3 aromatic rings. The molecule has 5 nitrogen and oxygen atoms in total. The van der Waals surface area contributed by atoms with Crippen LogP contribution in [0.2, 0.25) is 0 Å². The van der Waals surface area contributed by atoms with Crippen molar-refractivity contribution in [1.82, 2.24) is 14.3 Å². The van der Waals surface area contributed by atoms with Gasteiger partial charge >= 0.3 is 0 Å². The summed E-state index contributed by atoms with van der Waals surface area (Å²) in [5, 5.41) is 0. The van der Waals surface area contributed by atoms with E-state index in [1.807, 2.05) is 59.6 Å². The van der Waals surface area contributed by atoms with Crippen molar-refractivity contribution in [2.24, 2.45) is 0 Å². The van der Waals surface area contributed by atoms with E-state index in [0.29, 0.717) is 19.6 Å². The SMILES string of the molecule is O=C(CCOc1ccccc1)N1CCc2nc3ccccn3c2C1. The maximum absolute atomic E-state index is 12.5. The van der Waals surface area contributed by atoms with E-state index in [9.17, 15) is 4.79 Å².